The van der Waals surface area contributed by atoms with E-state index in [9.17, 15) is 14.6 Å². The first kappa shape index (κ1) is 22.8. The smallest absolute Gasteiger partial charge is 0.203 e. The van der Waals surface area contributed by atoms with Crippen molar-refractivity contribution < 1.29 is 14.6 Å². The molecule has 172 valence electrons. The Morgan fingerprint density at radius 2 is 1.83 bits per heavy atom. The van der Waals surface area contributed by atoms with Crippen LogP contribution < -0.4 is 0 Å². The molecule has 30 heavy (non-hydrogen) atoms. The van der Waals surface area contributed by atoms with Gasteiger partial charge in [0, 0.05) is 6.42 Å². The predicted molar refractivity (Wildman–Crippen MR) is 120 cm³/mol. The quantitative estimate of drug-likeness (QED) is 0.499. The second-order valence-corrected chi connectivity index (χ2v) is 12.8. The van der Waals surface area contributed by atoms with E-state index in [1.54, 1.807) is 0 Å². The lowest BCUT2D eigenvalue weighted by Gasteiger charge is -2.60. The van der Waals surface area contributed by atoms with Gasteiger partial charge in [0.05, 0.1) is 5.60 Å². The Morgan fingerprint density at radius 3 is 2.50 bits per heavy atom. The summed E-state index contributed by atoms with van der Waals surface area (Å²) in [6, 6.07) is 0. The maximum Gasteiger partial charge on any atom is 0.203 e. The van der Waals surface area contributed by atoms with E-state index < -0.39 is 11.5 Å². The Balaban J connectivity index is 1.57. The molecule has 4 aliphatic carbocycles. The zero-order chi connectivity index (χ0) is 22.1. The van der Waals surface area contributed by atoms with Crippen LogP contribution >= 0.6 is 0 Å². The predicted octanol–water partition coefficient (Wildman–Crippen LogP) is 6.66. The van der Waals surface area contributed by atoms with Crippen LogP contribution in [0.3, 0.4) is 0 Å². The molecule has 0 amide bonds. The molecular weight excluding hydrogens is 375 g/mol. The molecule has 0 unspecified atom stereocenters. The molecule has 0 radical (unpaired) electrons. The Bertz CT molecular complexity index is 691. The highest BCUT2D eigenvalue weighted by Gasteiger charge is 2.61. The van der Waals surface area contributed by atoms with Gasteiger partial charge in [0.2, 0.25) is 5.85 Å². The second-order valence-electron chi connectivity index (χ2n) is 12.8. The van der Waals surface area contributed by atoms with E-state index in [1.165, 1.54) is 38.2 Å². The summed E-state index contributed by atoms with van der Waals surface area (Å²) in [5.74, 6) is 1.87. The maximum absolute atomic E-state index is 13.7. The summed E-state index contributed by atoms with van der Waals surface area (Å²) >= 11 is 0. The van der Waals surface area contributed by atoms with Crippen molar-refractivity contribution in [3.8, 4) is 0 Å². The number of fused-ring (bicyclic) bond motifs is 5. The molecule has 3 heteroatoms. The topological polar surface area (TPSA) is 40.5 Å². The van der Waals surface area contributed by atoms with Crippen LogP contribution in [-0.2, 0) is 0 Å². The number of allylic oxidation sites excluding steroid dienone is 1. The number of aliphatic hydroxyl groups is 2. The largest absolute Gasteiger partial charge is 0.390 e. The molecule has 0 aromatic rings. The van der Waals surface area contributed by atoms with E-state index in [4.69, 9.17) is 0 Å². The van der Waals surface area contributed by atoms with Crippen molar-refractivity contribution in [3.63, 3.8) is 0 Å². The van der Waals surface area contributed by atoms with Crippen molar-refractivity contribution in [2.75, 3.05) is 0 Å². The molecule has 0 aromatic heterocycles. The van der Waals surface area contributed by atoms with E-state index in [0.717, 1.165) is 43.4 Å². The Morgan fingerprint density at radius 1 is 1.13 bits per heavy atom. The average molecular weight is 421 g/mol. The van der Waals surface area contributed by atoms with Gasteiger partial charge in [-0.2, -0.15) is 0 Å². The summed E-state index contributed by atoms with van der Waals surface area (Å²) in [5, 5.41) is 20.3. The zero-order valence-corrected chi connectivity index (χ0v) is 20.2. The van der Waals surface area contributed by atoms with Crippen molar-refractivity contribution in [1.29, 1.82) is 0 Å². The molecule has 0 bridgehead atoms. The molecule has 0 aliphatic heterocycles. The van der Waals surface area contributed by atoms with Gasteiger partial charge in [0.15, 0.2) is 0 Å². The molecule has 0 spiro atoms. The van der Waals surface area contributed by atoms with E-state index in [1.807, 2.05) is 6.92 Å². The van der Waals surface area contributed by atoms with Gasteiger partial charge in [0.1, 0.15) is 0 Å². The standard InChI is InChI=1S/C27H45FO2/c1-17(9-12-27(6,28)30)20-7-8-21-23-18(2)15-19-16-24(3,29)13-14-25(19,4)22(23)10-11-26(20,21)5/h15,17-18,20-23,29-30H,7-14,16H2,1-6H3/t17-,18+,20-,21+,22+,23+,24+,25+,26-,27+/m1/s1. The number of hydrogen-bond donors (Lipinski definition) is 2. The third-order valence-corrected chi connectivity index (χ3v) is 10.5. The average Bonchev–Trinajstić information content (AvgIpc) is 2.97. The van der Waals surface area contributed by atoms with Crippen LogP contribution in [0.4, 0.5) is 4.39 Å². The molecule has 3 saturated carbocycles. The fourth-order valence-corrected chi connectivity index (χ4v) is 8.83. The Kier molecular flexibility index (Phi) is 5.54. The summed E-state index contributed by atoms with van der Waals surface area (Å²) in [4.78, 5) is 0. The van der Waals surface area contributed by atoms with E-state index >= 15 is 0 Å². The molecule has 3 fully saturated rings. The van der Waals surface area contributed by atoms with Gasteiger partial charge in [-0.1, -0.05) is 39.3 Å². The fraction of sp³-hybridized carbons (Fsp3) is 0.926. The van der Waals surface area contributed by atoms with Crippen molar-refractivity contribution in [3.05, 3.63) is 11.6 Å². The highest BCUT2D eigenvalue weighted by molar-refractivity contribution is 5.28. The summed E-state index contributed by atoms with van der Waals surface area (Å²) in [5.41, 5.74) is 1.60. The number of halogens is 1. The van der Waals surface area contributed by atoms with Crippen molar-refractivity contribution >= 4 is 0 Å². The third kappa shape index (κ3) is 3.70. The van der Waals surface area contributed by atoms with Gasteiger partial charge in [-0.15, -0.1) is 0 Å². The highest BCUT2D eigenvalue weighted by Crippen LogP contribution is 2.68. The van der Waals surface area contributed by atoms with Crippen LogP contribution in [0.1, 0.15) is 99.3 Å². The van der Waals surface area contributed by atoms with Crippen LogP contribution in [0.25, 0.3) is 0 Å². The molecule has 10 atom stereocenters. The number of rotatable bonds is 4. The molecule has 0 saturated heterocycles. The summed E-state index contributed by atoms with van der Waals surface area (Å²) in [7, 11) is 0. The van der Waals surface area contributed by atoms with E-state index in [0.29, 0.717) is 23.2 Å². The Labute approximate surface area is 183 Å². The van der Waals surface area contributed by atoms with Crippen molar-refractivity contribution in [2.45, 2.75) is 111 Å². The van der Waals surface area contributed by atoms with Gasteiger partial charge in [-0.05, 0) is 112 Å². The summed E-state index contributed by atoms with van der Waals surface area (Å²) in [6.45, 7) is 13.1. The minimum Gasteiger partial charge on any atom is -0.390 e. The lowest BCUT2D eigenvalue weighted by atomic mass is 9.44. The number of alkyl halides is 1. The maximum atomic E-state index is 13.7. The molecule has 2 N–H and O–H groups in total. The van der Waals surface area contributed by atoms with E-state index in [2.05, 4.69) is 33.8 Å². The van der Waals surface area contributed by atoms with Gasteiger partial charge in [-0.25, -0.2) is 4.39 Å². The zero-order valence-electron chi connectivity index (χ0n) is 20.2. The van der Waals surface area contributed by atoms with Crippen LogP contribution in [0.15, 0.2) is 11.6 Å². The van der Waals surface area contributed by atoms with E-state index in [-0.39, 0.29) is 11.8 Å². The fourth-order valence-electron chi connectivity index (χ4n) is 8.83. The second kappa shape index (κ2) is 7.30. The van der Waals surface area contributed by atoms with Crippen molar-refractivity contribution in [1.82, 2.24) is 0 Å². The molecule has 4 aliphatic rings. The van der Waals surface area contributed by atoms with Crippen LogP contribution in [0.5, 0.6) is 0 Å². The molecule has 0 aromatic carbocycles. The first-order valence-corrected chi connectivity index (χ1v) is 12.6. The molecule has 2 nitrogen and oxygen atoms in total. The lowest BCUT2D eigenvalue weighted by Crippen LogP contribution is -2.54. The summed E-state index contributed by atoms with van der Waals surface area (Å²) < 4.78 is 13.7. The van der Waals surface area contributed by atoms with Gasteiger partial charge < -0.3 is 10.2 Å². The highest BCUT2D eigenvalue weighted by atomic mass is 19.2. The molecule has 0 heterocycles. The van der Waals surface area contributed by atoms with Crippen LogP contribution in [-0.4, -0.2) is 21.7 Å². The van der Waals surface area contributed by atoms with Gasteiger partial charge >= 0.3 is 0 Å². The van der Waals surface area contributed by atoms with Crippen molar-refractivity contribution in [2.24, 2.45) is 46.3 Å². The van der Waals surface area contributed by atoms with Gasteiger partial charge in [-0.3, -0.25) is 0 Å². The SMILES string of the molecule is C[C@H](CC[C@](C)(O)F)[C@H]1CC[C@H]2[C@@H]3[C@@H](C)C=C4C[C@@](C)(O)CC[C@]4(C)[C@H]3CC[C@]12C. The minimum atomic E-state index is -2.04. The van der Waals surface area contributed by atoms with Gasteiger partial charge in [0.25, 0.3) is 0 Å². The number of hydrogen-bond acceptors (Lipinski definition) is 2. The normalized spacial score (nSPS) is 51.2. The Hall–Kier alpha value is -0.410. The first-order chi connectivity index (χ1) is 13.8. The molecular formula is C27H45FO2. The van der Waals surface area contributed by atoms with Crippen LogP contribution in [0, 0.1) is 46.3 Å². The lowest BCUT2D eigenvalue weighted by molar-refractivity contribution is -0.0933. The minimum absolute atomic E-state index is 0.248. The first-order valence-electron chi connectivity index (χ1n) is 12.6. The molecule has 4 rings (SSSR count). The monoisotopic (exact) mass is 420 g/mol. The van der Waals surface area contributed by atoms with Crippen LogP contribution in [0.2, 0.25) is 0 Å². The summed E-state index contributed by atoms with van der Waals surface area (Å²) in [6.07, 6.45) is 11.6. The third-order valence-electron chi connectivity index (χ3n) is 10.5.